The van der Waals surface area contributed by atoms with Crippen LogP contribution in [-0.2, 0) is 22.4 Å². The van der Waals surface area contributed by atoms with E-state index in [0.29, 0.717) is 11.4 Å². The van der Waals surface area contributed by atoms with E-state index in [-0.39, 0.29) is 18.5 Å². The van der Waals surface area contributed by atoms with Crippen molar-refractivity contribution in [1.29, 1.82) is 0 Å². The highest BCUT2D eigenvalue weighted by Crippen LogP contribution is 2.40. The number of ether oxygens (including phenoxy) is 1. The number of aryl methyl sites for hydroxylation is 1. The van der Waals surface area contributed by atoms with Gasteiger partial charge in [-0.05, 0) is 51.0 Å². The van der Waals surface area contributed by atoms with Crippen molar-refractivity contribution < 1.29 is 14.3 Å². The Hall–Kier alpha value is -2.54. The van der Waals surface area contributed by atoms with Gasteiger partial charge in [0.15, 0.2) is 0 Å². The molecule has 0 aliphatic carbocycles. The van der Waals surface area contributed by atoms with Crippen molar-refractivity contribution in [3.8, 4) is 0 Å². The van der Waals surface area contributed by atoms with E-state index in [4.69, 9.17) is 16.3 Å². The molecule has 2 N–H and O–H groups in total. The van der Waals surface area contributed by atoms with Crippen LogP contribution in [0.5, 0.6) is 0 Å². The number of halogens is 1. The zero-order valence-corrected chi connectivity index (χ0v) is 18.0. The standard InChI is InChI=1S/C21H27ClN4O3/c1-5-6-15-11-23-19(25-15)17-10-13-9-14(22)7-8-16(13)26(17)18(27)12-24-20(28)29-21(2,3)4/h7-9,11,17H,5-6,10,12H2,1-4H3,(H,23,25)(H,24,28). The molecule has 7 nitrogen and oxygen atoms in total. The van der Waals surface area contributed by atoms with E-state index < -0.39 is 11.7 Å². The van der Waals surface area contributed by atoms with Gasteiger partial charge in [0.25, 0.3) is 0 Å². The molecule has 3 rings (SSSR count). The Labute approximate surface area is 175 Å². The highest BCUT2D eigenvalue weighted by atomic mass is 35.5. The van der Waals surface area contributed by atoms with Gasteiger partial charge in [0.05, 0.1) is 6.04 Å². The van der Waals surface area contributed by atoms with Gasteiger partial charge in [-0.3, -0.25) is 9.69 Å². The molecule has 2 heterocycles. The van der Waals surface area contributed by atoms with Gasteiger partial charge < -0.3 is 15.0 Å². The van der Waals surface area contributed by atoms with Gasteiger partial charge in [-0.25, -0.2) is 9.78 Å². The Morgan fingerprint density at radius 3 is 2.83 bits per heavy atom. The molecule has 0 saturated heterocycles. The maximum atomic E-state index is 13.1. The van der Waals surface area contributed by atoms with Crippen LogP contribution in [0.3, 0.4) is 0 Å². The molecule has 1 aliphatic heterocycles. The van der Waals surface area contributed by atoms with E-state index in [1.165, 1.54) is 0 Å². The summed E-state index contributed by atoms with van der Waals surface area (Å²) >= 11 is 6.15. The van der Waals surface area contributed by atoms with Crippen LogP contribution in [0.25, 0.3) is 0 Å². The lowest BCUT2D eigenvalue weighted by Gasteiger charge is -2.25. The summed E-state index contributed by atoms with van der Waals surface area (Å²) in [6.45, 7) is 7.25. The van der Waals surface area contributed by atoms with Crippen molar-refractivity contribution in [3.05, 3.63) is 46.5 Å². The predicted molar refractivity (Wildman–Crippen MR) is 112 cm³/mol. The second kappa shape index (κ2) is 8.45. The van der Waals surface area contributed by atoms with Crippen molar-refractivity contribution in [2.75, 3.05) is 11.4 Å². The number of hydrogen-bond acceptors (Lipinski definition) is 4. The monoisotopic (exact) mass is 418 g/mol. The first kappa shape index (κ1) is 21.2. The van der Waals surface area contributed by atoms with Crippen LogP contribution in [0.15, 0.2) is 24.4 Å². The number of carbonyl (C=O) groups excluding carboxylic acids is 2. The Kier molecular flexibility index (Phi) is 6.17. The summed E-state index contributed by atoms with van der Waals surface area (Å²) < 4.78 is 5.22. The van der Waals surface area contributed by atoms with Crippen LogP contribution in [0, 0.1) is 0 Å². The number of nitrogens with one attached hydrogen (secondary N) is 2. The fraction of sp³-hybridized carbons (Fsp3) is 0.476. The van der Waals surface area contributed by atoms with E-state index in [1.807, 2.05) is 18.3 Å². The maximum Gasteiger partial charge on any atom is 0.408 e. The van der Waals surface area contributed by atoms with Crippen molar-refractivity contribution in [1.82, 2.24) is 15.3 Å². The molecule has 29 heavy (non-hydrogen) atoms. The molecule has 2 aromatic rings. The number of aromatic amines is 1. The smallest absolute Gasteiger partial charge is 0.408 e. The summed E-state index contributed by atoms with van der Waals surface area (Å²) in [5.41, 5.74) is 2.16. The third kappa shape index (κ3) is 5.09. The molecule has 1 aromatic heterocycles. The molecular formula is C21H27ClN4O3. The number of fused-ring (bicyclic) bond motifs is 1. The molecule has 2 amide bonds. The van der Waals surface area contributed by atoms with E-state index in [9.17, 15) is 9.59 Å². The number of aromatic nitrogens is 2. The molecule has 1 aromatic carbocycles. The number of alkyl carbamates (subject to hydrolysis) is 1. The minimum atomic E-state index is -0.628. The summed E-state index contributed by atoms with van der Waals surface area (Å²) in [6.07, 6.45) is 3.70. The molecule has 1 unspecified atom stereocenters. The van der Waals surface area contributed by atoms with Crippen LogP contribution in [0.2, 0.25) is 5.02 Å². The Bertz CT molecular complexity index is 904. The van der Waals surface area contributed by atoms with Gasteiger partial charge in [-0.2, -0.15) is 0 Å². The van der Waals surface area contributed by atoms with Gasteiger partial charge in [0.1, 0.15) is 18.0 Å². The van der Waals surface area contributed by atoms with E-state index >= 15 is 0 Å². The molecule has 8 heteroatoms. The lowest BCUT2D eigenvalue weighted by atomic mass is 10.1. The van der Waals surface area contributed by atoms with E-state index in [1.54, 1.807) is 31.7 Å². The molecule has 0 saturated carbocycles. The molecule has 0 spiro atoms. The number of carbonyl (C=O) groups is 2. The number of anilines is 1. The topological polar surface area (TPSA) is 87.3 Å². The maximum absolute atomic E-state index is 13.1. The first-order chi connectivity index (χ1) is 13.7. The average Bonchev–Trinajstić information content (AvgIpc) is 3.22. The summed E-state index contributed by atoms with van der Waals surface area (Å²) in [7, 11) is 0. The van der Waals surface area contributed by atoms with Gasteiger partial charge in [-0.1, -0.05) is 24.9 Å². The molecule has 1 aliphatic rings. The Balaban J connectivity index is 1.81. The molecule has 0 fully saturated rings. The van der Waals surface area contributed by atoms with Crippen LogP contribution >= 0.6 is 11.6 Å². The SMILES string of the molecule is CCCc1cnc(C2Cc3cc(Cl)ccc3N2C(=O)CNC(=O)OC(C)(C)C)[nH]1. The highest BCUT2D eigenvalue weighted by Gasteiger charge is 2.36. The first-order valence-electron chi connectivity index (χ1n) is 9.79. The predicted octanol–water partition coefficient (Wildman–Crippen LogP) is 4.17. The number of imidazole rings is 1. The summed E-state index contributed by atoms with van der Waals surface area (Å²) in [5.74, 6) is 0.488. The number of amides is 2. The lowest BCUT2D eigenvalue weighted by molar-refractivity contribution is -0.118. The Morgan fingerprint density at radius 1 is 1.38 bits per heavy atom. The fourth-order valence-corrected chi connectivity index (χ4v) is 3.63. The number of H-pyrrole nitrogens is 1. The number of benzene rings is 1. The van der Waals surface area contributed by atoms with Crippen molar-refractivity contribution in [2.24, 2.45) is 0 Å². The molecule has 0 radical (unpaired) electrons. The molecular weight excluding hydrogens is 392 g/mol. The zero-order valence-electron chi connectivity index (χ0n) is 17.2. The summed E-state index contributed by atoms with van der Waals surface area (Å²) in [6, 6.07) is 5.18. The van der Waals surface area contributed by atoms with Crippen LogP contribution < -0.4 is 10.2 Å². The van der Waals surface area contributed by atoms with Crippen LogP contribution in [0.1, 0.15) is 57.2 Å². The lowest BCUT2D eigenvalue weighted by Crippen LogP contribution is -2.42. The summed E-state index contributed by atoms with van der Waals surface area (Å²) in [4.78, 5) is 34.5. The summed E-state index contributed by atoms with van der Waals surface area (Å²) in [5, 5.41) is 3.17. The van der Waals surface area contributed by atoms with Gasteiger partial charge in [0, 0.05) is 29.0 Å². The molecule has 1 atom stereocenters. The highest BCUT2D eigenvalue weighted by molar-refractivity contribution is 6.30. The average molecular weight is 419 g/mol. The third-order valence-corrected chi connectivity index (χ3v) is 4.80. The van der Waals surface area contributed by atoms with Gasteiger partial charge >= 0.3 is 6.09 Å². The molecule has 0 bridgehead atoms. The van der Waals surface area contributed by atoms with E-state index in [0.717, 1.165) is 35.6 Å². The quantitative estimate of drug-likeness (QED) is 0.762. The van der Waals surface area contributed by atoms with Gasteiger partial charge in [-0.15, -0.1) is 0 Å². The second-order valence-electron chi connectivity index (χ2n) is 8.16. The third-order valence-electron chi connectivity index (χ3n) is 4.56. The molecule has 156 valence electrons. The minimum Gasteiger partial charge on any atom is -0.444 e. The normalized spacial score (nSPS) is 15.9. The van der Waals surface area contributed by atoms with Crippen molar-refractivity contribution in [2.45, 2.75) is 58.6 Å². The van der Waals surface area contributed by atoms with Crippen LogP contribution in [0.4, 0.5) is 10.5 Å². The number of rotatable bonds is 5. The second-order valence-corrected chi connectivity index (χ2v) is 8.59. The van der Waals surface area contributed by atoms with Crippen molar-refractivity contribution >= 4 is 29.3 Å². The van der Waals surface area contributed by atoms with E-state index in [2.05, 4.69) is 22.2 Å². The van der Waals surface area contributed by atoms with Crippen LogP contribution in [-0.4, -0.2) is 34.1 Å². The zero-order chi connectivity index (χ0) is 21.2. The fourth-order valence-electron chi connectivity index (χ4n) is 3.44. The van der Waals surface area contributed by atoms with Crippen molar-refractivity contribution in [3.63, 3.8) is 0 Å². The number of nitrogens with zero attached hydrogens (tertiary/aromatic N) is 2. The first-order valence-corrected chi connectivity index (χ1v) is 10.2. The largest absolute Gasteiger partial charge is 0.444 e. The minimum absolute atomic E-state index is 0.171. The van der Waals surface area contributed by atoms with Gasteiger partial charge in [0.2, 0.25) is 5.91 Å². The Morgan fingerprint density at radius 2 is 2.14 bits per heavy atom. The number of hydrogen-bond donors (Lipinski definition) is 2.